The lowest BCUT2D eigenvalue weighted by atomic mass is 10.1. The van der Waals surface area contributed by atoms with Crippen LogP contribution in [0.4, 0.5) is 5.69 Å². The summed E-state index contributed by atoms with van der Waals surface area (Å²) in [4.78, 5) is 5.76. The van der Waals surface area contributed by atoms with Crippen molar-refractivity contribution in [3.05, 3.63) is 30.0 Å². The van der Waals surface area contributed by atoms with Crippen molar-refractivity contribution in [2.24, 2.45) is 0 Å². The van der Waals surface area contributed by atoms with Crippen molar-refractivity contribution >= 4 is 16.6 Å². The molecule has 1 fully saturated rings. The number of H-pyrrole nitrogens is 1. The van der Waals surface area contributed by atoms with E-state index in [9.17, 15) is 0 Å². The highest BCUT2D eigenvalue weighted by atomic mass is 15.1. The largest absolute Gasteiger partial charge is 0.371 e. The van der Waals surface area contributed by atoms with Crippen LogP contribution in [0.5, 0.6) is 0 Å². The van der Waals surface area contributed by atoms with Gasteiger partial charge < -0.3 is 9.88 Å². The zero-order chi connectivity index (χ0) is 10.3. The molecular weight excluding hydrogens is 184 g/mol. The van der Waals surface area contributed by atoms with Crippen LogP contribution >= 0.6 is 0 Å². The van der Waals surface area contributed by atoms with Crippen LogP contribution in [0.1, 0.15) is 18.4 Å². The Kier molecular flexibility index (Phi) is 1.94. The van der Waals surface area contributed by atoms with Gasteiger partial charge in [-0.15, -0.1) is 0 Å². The molecule has 0 atom stereocenters. The van der Waals surface area contributed by atoms with Gasteiger partial charge in [-0.2, -0.15) is 0 Å². The Labute approximate surface area is 89.9 Å². The summed E-state index contributed by atoms with van der Waals surface area (Å²) in [5.41, 5.74) is 4.07. The van der Waals surface area contributed by atoms with Crippen LogP contribution in [0.2, 0.25) is 0 Å². The molecule has 1 aliphatic rings. The predicted octanol–water partition coefficient (Wildman–Crippen LogP) is 3.08. The van der Waals surface area contributed by atoms with Gasteiger partial charge in [0.1, 0.15) is 0 Å². The lowest BCUT2D eigenvalue weighted by Crippen LogP contribution is -2.18. The minimum absolute atomic E-state index is 1.22. The maximum Gasteiger partial charge on any atom is 0.0458 e. The summed E-state index contributed by atoms with van der Waals surface area (Å²) in [5, 5.41) is 1.36. The molecule has 2 heterocycles. The molecule has 1 aliphatic heterocycles. The zero-order valence-corrected chi connectivity index (χ0v) is 9.09. The number of aromatic nitrogens is 1. The number of fused-ring (bicyclic) bond motifs is 1. The second kappa shape index (κ2) is 3.30. The lowest BCUT2D eigenvalue weighted by Gasteiger charge is -2.20. The third kappa shape index (κ3) is 1.32. The molecule has 0 spiro atoms. The van der Waals surface area contributed by atoms with Gasteiger partial charge in [0, 0.05) is 35.9 Å². The van der Waals surface area contributed by atoms with E-state index < -0.39 is 0 Å². The molecule has 1 N–H and O–H groups in total. The number of aryl methyl sites for hydroxylation is 1. The molecule has 1 aromatic heterocycles. The number of hydrogen-bond acceptors (Lipinski definition) is 1. The highest BCUT2D eigenvalue weighted by Crippen LogP contribution is 2.29. The van der Waals surface area contributed by atoms with Gasteiger partial charge in [-0.25, -0.2) is 0 Å². The van der Waals surface area contributed by atoms with E-state index in [0.717, 1.165) is 0 Å². The van der Waals surface area contributed by atoms with Gasteiger partial charge >= 0.3 is 0 Å². The normalized spacial score (nSPS) is 16.5. The van der Waals surface area contributed by atoms with Gasteiger partial charge in [0.2, 0.25) is 0 Å². The monoisotopic (exact) mass is 200 g/mol. The van der Waals surface area contributed by atoms with Crippen LogP contribution in [0, 0.1) is 6.92 Å². The number of nitrogens with one attached hydrogen (secondary N) is 1. The molecule has 1 saturated heterocycles. The van der Waals surface area contributed by atoms with Gasteiger partial charge in [0.15, 0.2) is 0 Å². The second-order valence-corrected chi connectivity index (χ2v) is 4.34. The summed E-state index contributed by atoms with van der Waals surface area (Å²) in [7, 11) is 0. The van der Waals surface area contributed by atoms with E-state index in [0.29, 0.717) is 0 Å². The predicted molar refractivity (Wildman–Crippen MR) is 64.5 cm³/mol. The fraction of sp³-hybridized carbons (Fsp3) is 0.385. The second-order valence-electron chi connectivity index (χ2n) is 4.34. The van der Waals surface area contributed by atoms with Gasteiger partial charge in [0.25, 0.3) is 0 Å². The first-order valence-electron chi connectivity index (χ1n) is 5.68. The summed E-state index contributed by atoms with van der Waals surface area (Å²) in [5.74, 6) is 0. The van der Waals surface area contributed by atoms with Crippen molar-refractivity contribution in [3.63, 3.8) is 0 Å². The molecule has 15 heavy (non-hydrogen) atoms. The van der Waals surface area contributed by atoms with Crippen LogP contribution in [-0.2, 0) is 0 Å². The summed E-state index contributed by atoms with van der Waals surface area (Å²) in [6.07, 6.45) is 4.70. The van der Waals surface area contributed by atoms with E-state index in [4.69, 9.17) is 0 Å². The summed E-state index contributed by atoms with van der Waals surface area (Å²) >= 11 is 0. The Balaban J connectivity index is 2.13. The van der Waals surface area contributed by atoms with Crippen molar-refractivity contribution in [2.45, 2.75) is 19.8 Å². The summed E-state index contributed by atoms with van der Waals surface area (Å²) in [6, 6.07) is 6.61. The first kappa shape index (κ1) is 8.84. The minimum Gasteiger partial charge on any atom is -0.371 e. The molecule has 1 aromatic carbocycles. The highest BCUT2D eigenvalue weighted by Gasteiger charge is 2.15. The van der Waals surface area contributed by atoms with Gasteiger partial charge in [0.05, 0.1) is 0 Å². The van der Waals surface area contributed by atoms with Crippen molar-refractivity contribution < 1.29 is 0 Å². The topological polar surface area (TPSA) is 19.0 Å². The molecule has 0 radical (unpaired) electrons. The quantitative estimate of drug-likeness (QED) is 0.749. The molecule has 0 aliphatic carbocycles. The van der Waals surface area contributed by atoms with E-state index >= 15 is 0 Å². The van der Waals surface area contributed by atoms with Gasteiger partial charge in [-0.3, -0.25) is 0 Å². The number of rotatable bonds is 1. The number of anilines is 1. The van der Waals surface area contributed by atoms with Crippen molar-refractivity contribution in [2.75, 3.05) is 18.0 Å². The molecule has 3 rings (SSSR count). The molecular formula is C13H16N2. The van der Waals surface area contributed by atoms with Gasteiger partial charge in [-0.05, 0) is 43.5 Å². The van der Waals surface area contributed by atoms with Crippen molar-refractivity contribution in [3.8, 4) is 0 Å². The summed E-state index contributed by atoms with van der Waals surface area (Å²) < 4.78 is 0. The van der Waals surface area contributed by atoms with Gasteiger partial charge in [-0.1, -0.05) is 0 Å². The van der Waals surface area contributed by atoms with Crippen LogP contribution < -0.4 is 4.90 Å². The van der Waals surface area contributed by atoms with E-state index in [1.807, 2.05) is 6.20 Å². The van der Waals surface area contributed by atoms with Crippen LogP contribution in [-0.4, -0.2) is 18.1 Å². The maximum absolute atomic E-state index is 3.26. The Morgan fingerprint density at radius 2 is 1.93 bits per heavy atom. The van der Waals surface area contributed by atoms with Crippen LogP contribution in [0.3, 0.4) is 0 Å². The van der Waals surface area contributed by atoms with E-state index in [2.05, 4.69) is 35.0 Å². The van der Waals surface area contributed by atoms with E-state index in [-0.39, 0.29) is 0 Å². The Morgan fingerprint density at radius 1 is 1.13 bits per heavy atom. The Morgan fingerprint density at radius 3 is 2.73 bits per heavy atom. The molecule has 0 saturated carbocycles. The fourth-order valence-corrected chi connectivity index (χ4v) is 2.57. The number of hydrogen-bond donors (Lipinski definition) is 1. The minimum atomic E-state index is 1.22. The Hall–Kier alpha value is -1.44. The third-order valence-electron chi connectivity index (χ3n) is 3.42. The average Bonchev–Trinajstić information content (AvgIpc) is 2.87. The first-order chi connectivity index (χ1) is 7.36. The molecule has 0 amide bonds. The molecule has 2 heteroatoms. The molecule has 2 nitrogen and oxygen atoms in total. The smallest absolute Gasteiger partial charge is 0.0458 e. The molecule has 2 aromatic rings. The van der Waals surface area contributed by atoms with E-state index in [1.165, 1.54) is 48.1 Å². The maximum atomic E-state index is 3.26. The standard InChI is InChI=1S/C13H16N2/c1-10-11-6-7-14-12(11)4-5-13(10)15-8-2-3-9-15/h4-7,14H,2-3,8-9H2,1H3. The highest BCUT2D eigenvalue weighted by molar-refractivity contribution is 5.87. The van der Waals surface area contributed by atoms with Crippen LogP contribution in [0.25, 0.3) is 10.9 Å². The van der Waals surface area contributed by atoms with Crippen molar-refractivity contribution in [1.82, 2.24) is 4.98 Å². The first-order valence-corrected chi connectivity index (χ1v) is 5.68. The fourth-order valence-electron chi connectivity index (χ4n) is 2.57. The van der Waals surface area contributed by atoms with Crippen LogP contribution in [0.15, 0.2) is 24.4 Å². The number of nitrogens with zero attached hydrogens (tertiary/aromatic N) is 1. The Bertz CT molecular complexity index is 478. The number of benzene rings is 1. The molecule has 0 unspecified atom stereocenters. The number of aromatic amines is 1. The average molecular weight is 200 g/mol. The third-order valence-corrected chi connectivity index (χ3v) is 3.42. The summed E-state index contributed by atoms with van der Waals surface area (Å²) in [6.45, 7) is 4.66. The molecule has 0 bridgehead atoms. The van der Waals surface area contributed by atoms with Crippen molar-refractivity contribution in [1.29, 1.82) is 0 Å². The zero-order valence-electron chi connectivity index (χ0n) is 9.09. The SMILES string of the molecule is Cc1c(N2CCCC2)ccc2[nH]ccc12. The molecule has 78 valence electrons. The lowest BCUT2D eigenvalue weighted by molar-refractivity contribution is 0.949. The van der Waals surface area contributed by atoms with E-state index in [1.54, 1.807) is 0 Å².